The second-order valence-corrected chi connectivity index (χ2v) is 4.69. The minimum atomic E-state index is 0.143. The molecule has 2 N–H and O–H groups in total. The van der Waals surface area contributed by atoms with Crippen LogP contribution in [0.1, 0.15) is 47.5 Å². The summed E-state index contributed by atoms with van der Waals surface area (Å²) < 4.78 is 5.70. The van der Waals surface area contributed by atoms with Crippen LogP contribution in [0.25, 0.3) is 0 Å². The molecule has 2 unspecified atom stereocenters. The van der Waals surface area contributed by atoms with E-state index < -0.39 is 0 Å². The first-order chi connectivity index (χ1) is 5.93. The summed E-state index contributed by atoms with van der Waals surface area (Å²) in [6.07, 6.45) is 2.35. The minimum Gasteiger partial charge on any atom is -0.376 e. The second kappa shape index (κ2) is 5.61. The third-order valence-corrected chi connectivity index (χ3v) is 2.21. The lowest BCUT2D eigenvalue weighted by molar-refractivity contribution is -0.0291. The van der Waals surface area contributed by atoms with Gasteiger partial charge in [0.05, 0.1) is 6.10 Å². The van der Waals surface area contributed by atoms with Crippen molar-refractivity contribution in [3.05, 3.63) is 0 Å². The lowest BCUT2D eigenvalue weighted by Crippen LogP contribution is -2.45. The van der Waals surface area contributed by atoms with Gasteiger partial charge in [-0.15, -0.1) is 0 Å². The Kier molecular flexibility index (Phi) is 5.57. The normalized spacial score (nSPS) is 17.1. The summed E-state index contributed by atoms with van der Waals surface area (Å²) >= 11 is 0. The Balaban J connectivity index is 4.23. The highest BCUT2D eigenvalue weighted by atomic mass is 16.5. The highest BCUT2D eigenvalue weighted by Gasteiger charge is 2.29. The second-order valence-electron chi connectivity index (χ2n) is 4.69. The van der Waals surface area contributed by atoms with E-state index in [0.29, 0.717) is 0 Å². The lowest BCUT2D eigenvalue weighted by Gasteiger charge is -2.34. The Bertz CT molecular complexity index is 129. The number of rotatable bonds is 5. The smallest absolute Gasteiger partial charge is 0.0773 e. The zero-order valence-corrected chi connectivity index (χ0v) is 9.76. The van der Waals surface area contributed by atoms with Gasteiger partial charge in [-0.05, 0) is 18.8 Å². The summed E-state index contributed by atoms with van der Waals surface area (Å²) in [7, 11) is 0. The molecule has 0 aliphatic rings. The molecule has 0 rings (SSSR count). The van der Waals surface area contributed by atoms with Crippen molar-refractivity contribution in [2.24, 2.45) is 11.1 Å². The topological polar surface area (TPSA) is 35.2 Å². The molecule has 0 aromatic heterocycles. The van der Waals surface area contributed by atoms with E-state index in [9.17, 15) is 0 Å². The van der Waals surface area contributed by atoms with Crippen LogP contribution in [0.4, 0.5) is 0 Å². The Hall–Kier alpha value is -0.0800. The Morgan fingerprint density at radius 2 is 1.77 bits per heavy atom. The molecule has 0 aliphatic carbocycles. The lowest BCUT2D eigenvalue weighted by atomic mass is 9.83. The van der Waals surface area contributed by atoms with Crippen molar-refractivity contribution in [2.75, 3.05) is 6.61 Å². The zero-order valence-electron chi connectivity index (χ0n) is 9.76. The van der Waals surface area contributed by atoms with E-state index in [-0.39, 0.29) is 17.6 Å². The standard InChI is InChI=1S/C11H25NO/c1-6-8-9(12)10(13-7-2)11(3,4)5/h9-10H,6-8,12H2,1-5H3. The molecule has 2 atom stereocenters. The summed E-state index contributed by atoms with van der Waals surface area (Å²) in [4.78, 5) is 0. The average molecular weight is 187 g/mol. The van der Waals surface area contributed by atoms with Crippen molar-refractivity contribution < 1.29 is 4.74 Å². The third-order valence-electron chi connectivity index (χ3n) is 2.21. The predicted octanol–water partition coefficient (Wildman–Crippen LogP) is 2.57. The molecule has 80 valence electrons. The van der Waals surface area contributed by atoms with E-state index in [1.165, 1.54) is 0 Å². The van der Waals surface area contributed by atoms with E-state index >= 15 is 0 Å². The Morgan fingerprint density at radius 3 is 2.08 bits per heavy atom. The van der Waals surface area contributed by atoms with Crippen LogP contribution in [0.2, 0.25) is 0 Å². The monoisotopic (exact) mass is 187 g/mol. The fraction of sp³-hybridized carbons (Fsp3) is 1.00. The van der Waals surface area contributed by atoms with Gasteiger partial charge in [-0.2, -0.15) is 0 Å². The highest BCUT2D eigenvalue weighted by molar-refractivity contribution is 4.83. The zero-order chi connectivity index (χ0) is 10.5. The van der Waals surface area contributed by atoms with Crippen LogP contribution in [-0.2, 0) is 4.74 Å². The number of nitrogens with two attached hydrogens (primary N) is 1. The molecule has 0 radical (unpaired) electrons. The van der Waals surface area contributed by atoms with Gasteiger partial charge in [0.25, 0.3) is 0 Å². The highest BCUT2D eigenvalue weighted by Crippen LogP contribution is 2.25. The molecule has 0 saturated carbocycles. The van der Waals surface area contributed by atoms with Gasteiger partial charge in [0, 0.05) is 12.6 Å². The van der Waals surface area contributed by atoms with E-state index in [2.05, 4.69) is 27.7 Å². The van der Waals surface area contributed by atoms with Gasteiger partial charge < -0.3 is 10.5 Å². The van der Waals surface area contributed by atoms with Gasteiger partial charge in [-0.25, -0.2) is 0 Å². The predicted molar refractivity (Wildman–Crippen MR) is 57.8 cm³/mol. The fourth-order valence-corrected chi connectivity index (χ4v) is 1.68. The molecule has 0 fully saturated rings. The maximum absolute atomic E-state index is 6.08. The summed E-state index contributed by atoms with van der Waals surface area (Å²) in [6.45, 7) is 11.5. The number of ether oxygens (including phenoxy) is 1. The molecule has 0 aromatic carbocycles. The molecule has 2 heteroatoms. The minimum absolute atomic E-state index is 0.143. The summed E-state index contributed by atoms with van der Waals surface area (Å²) in [6, 6.07) is 0.171. The van der Waals surface area contributed by atoms with Gasteiger partial charge in [0.15, 0.2) is 0 Å². The van der Waals surface area contributed by atoms with Crippen LogP contribution >= 0.6 is 0 Å². The van der Waals surface area contributed by atoms with E-state index in [1.54, 1.807) is 0 Å². The molecular weight excluding hydrogens is 162 g/mol. The number of hydrogen-bond acceptors (Lipinski definition) is 2. The molecule has 0 spiro atoms. The Labute approximate surface area is 82.8 Å². The Morgan fingerprint density at radius 1 is 1.23 bits per heavy atom. The molecule has 0 heterocycles. The van der Waals surface area contributed by atoms with Crippen LogP contribution in [0, 0.1) is 5.41 Å². The quantitative estimate of drug-likeness (QED) is 0.718. The van der Waals surface area contributed by atoms with Crippen molar-refractivity contribution in [2.45, 2.75) is 59.6 Å². The van der Waals surface area contributed by atoms with Gasteiger partial charge in [-0.1, -0.05) is 34.1 Å². The maximum atomic E-state index is 6.08. The average Bonchev–Trinajstić information content (AvgIpc) is 1.98. The van der Waals surface area contributed by atoms with Crippen LogP contribution < -0.4 is 5.73 Å². The maximum Gasteiger partial charge on any atom is 0.0773 e. The van der Waals surface area contributed by atoms with Crippen molar-refractivity contribution in [1.82, 2.24) is 0 Å². The van der Waals surface area contributed by atoms with Gasteiger partial charge in [-0.3, -0.25) is 0 Å². The SMILES string of the molecule is CCCC(N)C(OCC)C(C)(C)C. The molecule has 0 saturated heterocycles. The van der Waals surface area contributed by atoms with Gasteiger partial charge >= 0.3 is 0 Å². The van der Waals surface area contributed by atoms with Crippen LogP contribution in [0.15, 0.2) is 0 Å². The first-order valence-corrected chi connectivity index (χ1v) is 5.30. The summed E-state index contributed by atoms with van der Waals surface area (Å²) in [5.74, 6) is 0. The van der Waals surface area contributed by atoms with E-state index in [4.69, 9.17) is 10.5 Å². The third kappa shape index (κ3) is 4.63. The summed E-state index contributed by atoms with van der Waals surface area (Å²) in [5.41, 5.74) is 6.22. The van der Waals surface area contributed by atoms with Gasteiger partial charge in [0.2, 0.25) is 0 Å². The molecule has 0 aliphatic heterocycles. The largest absolute Gasteiger partial charge is 0.376 e. The molecule has 0 aromatic rings. The van der Waals surface area contributed by atoms with Crippen molar-refractivity contribution in [3.63, 3.8) is 0 Å². The first-order valence-electron chi connectivity index (χ1n) is 5.30. The van der Waals surface area contributed by atoms with Crippen molar-refractivity contribution in [3.8, 4) is 0 Å². The van der Waals surface area contributed by atoms with E-state index in [0.717, 1.165) is 19.4 Å². The van der Waals surface area contributed by atoms with Gasteiger partial charge in [0.1, 0.15) is 0 Å². The molecular formula is C11H25NO. The summed E-state index contributed by atoms with van der Waals surface area (Å²) in [5, 5.41) is 0. The van der Waals surface area contributed by atoms with Crippen molar-refractivity contribution >= 4 is 0 Å². The van der Waals surface area contributed by atoms with Crippen LogP contribution in [0.5, 0.6) is 0 Å². The van der Waals surface area contributed by atoms with E-state index in [1.807, 2.05) is 6.92 Å². The molecule has 2 nitrogen and oxygen atoms in total. The fourth-order valence-electron chi connectivity index (χ4n) is 1.68. The van der Waals surface area contributed by atoms with Crippen LogP contribution in [0.3, 0.4) is 0 Å². The molecule has 0 amide bonds. The first kappa shape index (κ1) is 12.9. The van der Waals surface area contributed by atoms with Crippen LogP contribution in [-0.4, -0.2) is 18.8 Å². The molecule has 13 heavy (non-hydrogen) atoms. The number of hydrogen-bond donors (Lipinski definition) is 1. The molecule has 0 bridgehead atoms. The van der Waals surface area contributed by atoms with Crippen molar-refractivity contribution in [1.29, 1.82) is 0 Å².